The van der Waals surface area contributed by atoms with Crippen molar-refractivity contribution < 1.29 is 0 Å². The maximum absolute atomic E-state index is 4.17. The molecule has 1 aromatic heterocycles. The van der Waals surface area contributed by atoms with Gasteiger partial charge in [-0.2, -0.15) is 0 Å². The maximum Gasteiger partial charge on any atom is 0.0441 e. The number of halogens is 1. The molecule has 3 heteroatoms. The molecule has 0 amide bonds. The summed E-state index contributed by atoms with van der Waals surface area (Å²) >= 11 is 3.44. The summed E-state index contributed by atoms with van der Waals surface area (Å²) in [7, 11) is 2.09. The van der Waals surface area contributed by atoms with Gasteiger partial charge in [0.25, 0.3) is 0 Å². The number of anilines is 1. The van der Waals surface area contributed by atoms with Gasteiger partial charge in [-0.1, -0.05) is 12.1 Å². The SMILES string of the molecule is Cc1cccc(N(C)Cc2cncc(Br)c2)c1. The smallest absolute Gasteiger partial charge is 0.0441 e. The van der Waals surface area contributed by atoms with E-state index >= 15 is 0 Å². The van der Waals surface area contributed by atoms with Crippen LogP contribution >= 0.6 is 15.9 Å². The minimum absolute atomic E-state index is 0.857. The average molecular weight is 291 g/mol. The van der Waals surface area contributed by atoms with E-state index in [2.05, 4.69) is 70.1 Å². The van der Waals surface area contributed by atoms with Gasteiger partial charge in [0.15, 0.2) is 0 Å². The second-order valence-electron chi connectivity index (χ2n) is 4.21. The zero-order chi connectivity index (χ0) is 12.3. The van der Waals surface area contributed by atoms with Crippen molar-refractivity contribution in [2.75, 3.05) is 11.9 Å². The molecule has 2 aromatic rings. The molecule has 2 nitrogen and oxygen atoms in total. The lowest BCUT2D eigenvalue weighted by Crippen LogP contribution is -2.16. The molecule has 0 aliphatic rings. The van der Waals surface area contributed by atoms with Gasteiger partial charge in [-0.3, -0.25) is 4.98 Å². The molecule has 0 spiro atoms. The number of aromatic nitrogens is 1. The predicted octanol–water partition coefficient (Wildman–Crippen LogP) is 3.79. The van der Waals surface area contributed by atoms with Crippen LogP contribution in [0, 0.1) is 6.92 Å². The van der Waals surface area contributed by atoms with E-state index in [4.69, 9.17) is 0 Å². The first kappa shape index (κ1) is 12.1. The van der Waals surface area contributed by atoms with E-state index in [1.807, 2.05) is 6.20 Å². The Kier molecular flexibility index (Phi) is 3.79. The highest BCUT2D eigenvalue weighted by Crippen LogP contribution is 2.18. The fourth-order valence-electron chi connectivity index (χ4n) is 1.77. The number of hydrogen-bond acceptors (Lipinski definition) is 2. The molecule has 0 N–H and O–H groups in total. The fourth-order valence-corrected chi connectivity index (χ4v) is 2.19. The van der Waals surface area contributed by atoms with Crippen molar-refractivity contribution in [2.24, 2.45) is 0 Å². The van der Waals surface area contributed by atoms with E-state index in [0.717, 1.165) is 11.0 Å². The Morgan fingerprint density at radius 3 is 2.76 bits per heavy atom. The molecule has 2 rings (SSSR count). The van der Waals surface area contributed by atoms with Gasteiger partial charge in [0.1, 0.15) is 0 Å². The molecule has 0 aliphatic heterocycles. The molecule has 0 fully saturated rings. The van der Waals surface area contributed by atoms with Crippen LogP contribution < -0.4 is 4.90 Å². The normalized spacial score (nSPS) is 10.3. The quantitative estimate of drug-likeness (QED) is 0.855. The number of aryl methyl sites for hydroxylation is 1. The molecule has 0 atom stereocenters. The summed E-state index contributed by atoms with van der Waals surface area (Å²) in [6, 6.07) is 10.6. The minimum atomic E-state index is 0.857. The topological polar surface area (TPSA) is 16.1 Å². The van der Waals surface area contributed by atoms with E-state index in [9.17, 15) is 0 Å². The van der Waals surface area contributed by atoms with Crippen LogP contribution in [0.5, 0.6) is 0 Å². The third-order valence-corrected chi connectivity index (χ3v) is 3.06. The molecule has 17 heavy (non-hydrogen) atoms. The number of rotatable bonds is 3. The fraction of sp³-hybridized carbons (Fsp3) is 0.214. The van der Waals surface area contributed by atoms with E-state index < -0.39 is 0 Å². The number of hydrogen-bond donors (Lipinski definition) is 0. The average Bonchev–Trinajstić information content (AvgIpc) is 2.29. The van der Waals surface area contributed by atoms with Crippen molar-refractivity contribution in [3.05, 3.63) is 58.3 Å². The zero-order valence-corrected chi connectivity index (χ0v) is 11.6. The van der Waals surface area contributed by atoms with Crippen molar-refractivity contribution >= 4 is 21.6 Å². The van der Waals surface area contributed by atoms with Crippen molar-refractivity contribution in [1.29, 1.82) is 0 Å². The van der Waals surface area contributed by atoms with Gasteiger partial charge in [0.05, 0.1) is 0 Å². The summed E-state index contributed by atoms with van der Waals surface area (Å²) in [4.78, 5) is 6.39. The molecular formula is C14H15BrN2. The first-order valence-corrected chi connectivity index (χ1v) is 6.32. The largest absolute Gasteiger partial charge is 0.370 e. The maximum atomic E-state index is 4.17. The van der Waals surface area contributed by atoms with Crippen molar-refractivity contribution in [2.45, 2.75) is 13.5 Å². The molecule has 0 radical (unpaired) electrons. The van der Waals surface area contributed by atoms with E-state index in [0.29, 0.717) is 0 Å². The second kappa shape index (κ2) is 5.32. The Labute approximate surface area is 110 Å². The Bertz CT molecular complexity index is 511. The first-order chi connectivity index (χ1) is 8.15. The van der Waals surface area contributed by atoms with Gasteiger partial charge < -0.3 is 4.90 Å². The molecule has 0 saturated carbocycles. The Hall–Kier alpha value is -1.35. The molecule has 0 unspecified atom stereocenters. The van der Waals surface area contributed by atoms with Crippen molar-refractivity contribution in [3.63, 3.8) is 0 Å². The standard InChI is InChI=1S/C14H15BrN2/c1-11-4-3-5-14(6-11)17(2)10-12-7-13(15)9-16-8-12/h3-9H,10H2,1-2H3. The van der Waals surface area contributed by atoms with Gasteiger partial charge in [-0.25, -0.2) is 0 Å². The third-order valence-electron chi connectivity index (χ3n) is 2.62. The van der Waals surface area contributed by atoms with Crippen LogP contribution in [-0.4, -0.2) is 12.0 Å². The summed E-state index contributed by atoms with van der Waals surface area (Å²) in [5.74, 6) is 0. The number of nitrogens with zero attached hydrogens (tertiary/aromatic N) is 2. The molecule has 88 valence electrons. The number of benzene rings is 1. The van der Waals surface area contributed by atoms with Crippen LogP contribution in [0.1, 0.15) is 11.1 Å². The van der Waals surface area contributed by atoms with E-state index in [1.165, 1.54) is 16.8 Å². The summed E-state index contributed by atoms with van der Waals surface area (Å²) < 4.78 is 1.02. The zero-order valence-electron chi connectivity index (χ0n) is 10.0. The highest BCUT2D eigenvalue weighted by molar-refractivity contribution is 9.10. The second-order valence-corrected chi connectivity index (χ2v) is 5.12. The van der Waals surface area contributed by atoms with Crippen LogP contribution in [0.3, 0.4) is 0 Å². The third kappa shape index (κ3) is 3.30. The molecule has 1 aromatic carbocycles. The lowest BCUT2D eigenvalue weighted by molar-refractivity contribution is 0.913. The van der Waals surface area contributed by atoms with Crippen molar-refractivity contribution in [3.8, 4) is 0 Å². The van der Waals surface area contributed by atoms with Gasteiger partial charge >= 0.3 is 0 Å². The van der Waals surface area contributed by atoms with Gasteiger partial charge in [0, 0.05) is 36.1 Å². The summed E-state index contributed by atoms with van der Waals surface area (Å²) in [5, 5.41) is 0. The molecule has 0 bridgehead atoms. The van der Waals surface area contributed by atoms with Crippen molar-refractivity contribution in [1.82, 2.24) is 4.98 Å². The first-order valence-electron chi connectivity index (χ1n) is 5.52. The van der Waals surface area contributed by atoms with Crippen LogP contribution in [-0.2, 0) is 6.54 Å². The Morgan fingerprint density at radius 2 is 2.06 bits per heavy atom. The lowest BCUT2D eigenvalue weighted by atomic mass is 10.2. The molecule has 0 aliphatic carbocycles. The Morgan fingerprint density at radius 1 is 1.24 bits per heavy atom. The molecule has 1 heterocycles. The monoisotopic (exact) mass is 290 g/mol. The molecule has 0 saturated heterocycles. The predicted molar refractivity (Wildman–Crippen MR) is 75.2 cm³/mol. The van der Waals surface area contributed by atoms with E-state index in [-0.39, 0.29) is 0 Å². The van der Waals surface area contributed by atoms with E-state index in [1.54, 1.807) is 6.20 Å². The van der Waals surface area contributed by atoms with Gasteiger partial charge in [-0.15, -0.1) is 0 Å². The van der Waals surface area contributed by atoms with Crippen LogP contribution in [0.25, 0.3) is 0 Å². The highest BCUT2D eigenvalue weighted by Gasteiger charge is 2.03. The van der Waals surface area contributed by atoms with Gasteiger partial charge in [-0.05, 0) is 52.2 Å². The van der Waals surface area contributed by atoms with Crippen LogP contribution in [0.2, 0.25) is 0 Å². The van der Waals surface area contributed by atoms with Gasteiger partial charge in [0.2, 0.25) is 0 Å². The summed E-state index contributed by atoms with van der Waals surface area (Å²) in [6.45, 7) is 2.97. The summed E-state index contributed by atoms with van der Waals surface area (Å²) in [5.41, 5.74) is 3.70. The number of pyridine rings is 1. The lowest BCUT2D eigenvalue weighted by Gasteiger charge is -2.19. The van der Waals surface area contributed by atoms with Crippen LogP contribution in [0.15, 0.2) is 47.2 Å². The molecular weight excluding hydrogens is 276 g/mol. The highest BCUT2D eigenvalue weighted by atomic mass is 79.9. The Balaban J connectivity index is 2.14. The van der Waals surface area contributed by atoms with Crippen LogP contribution in [0.4, 0.5) is 5.69 Å². The summed E-state index contributed by atoms with van der Waals surface area (Å²) in [6.07, 6.45) is 3.70. The minimum Gasteiger partial charge on any atom is -0.370 e.